The molecule has 0 saturated heterocycles. The number of rotatable bonds is 6. The number of hydrogen-bond acceptors (Lipinski definition) is 5. The highest BCUT2D eigenvalue weighted by Gasteiger charge is 2.41. The van der Waals surface area contributed by atoms with Crippen LogP contribution in [0, 0.1) is 12.8 Å². The van der Waals surface area contributed by atoms with Crippen LogP contribution in [0.25, 0.3) is 0 Å². The number of amides is 1. The van der Waals surface area contributed by atoms with Gasteiger partial charge in [0.15, 0.2) is 0 Å². The quantitative estimate of drug-likeness (QED) is 0.843. The lowest BCUT2D eigenvalue weighted by Gasteiger charge is -2.32. The number of nitrogens with zero attached hydrogens (tertiary/aromatic N) is 1. The lowest BCUT2D eigenvalue weighted by Crippen LogP contribution is -2.53. The molecule has 0 radical (unpaired) electrons. The number of carbonyl (C=O) groups excluding carboxylic acids is 1. The maximum absolute atomic E-state index is 11.9. The Hall–Kier alpha value is -1.14. The number of alkyl carbamates (subject to hydrolysis) is 1. The Morgan fingerprint density at radius 2 is 2.09 bits per heavy atom. The van der Waals surface area contributed by atoms with E-state index in [1.54, 1.807) is 11.3 Å². The molecule has 0 aliphatic heterocycles. The molecule has 0 bridgehead atoms. The van der Waals surface area contributed by atoms with Crippen LogP contribution in [0.4, 0.5) is 4.79 Å². The van der Waals surface area contributed by atoms with Crippen LogP contribution in [0.5, 0.6) is 0 Å². The zero-order valence-electron chi connectivity index (χ0n) is 14.2. The summed E-state index contributed by atoms with van der Waals surface area (Å²) in [6.45, 7) is 11.2. The Kier molecular flexibility index (Phi) is 5.12. The summed E-state index contributed by atoms with van der Waals surface area (Å²) >= 11 is 1.67. The van der Waals surface area contributed by atoms with Crippen LogP contribution in [0.3, 0.4) is 0 Å². The van der Waals surface area contributed by atoms with E-state index in [0.29, 0.717) is 12.5 Å². The summed E-state index contributed by atoms with van der Waals surface area (Å²) in [5.74, 6) is 0.607. The van der Waals surface area contributed by atoms with E-state index in [1.807, 2.05) is 33.2 Å². The number of ether oxygens (including phenoxy) is 1. The standard InChI is InChI=1S/C16H27N3O2S/c1-11-13(22-10-18-11)8-19-16(5,12-6-7-12)9-17-14(20)21-15(2,3)4/h10,12,19H,6-9H2,1-5H3,(H,17,20). The van der Waals surface area contributed by atoms with E-state index < -0.39 is 5.60 Å². The molecule has 1 atom stereocenters. The zero-order chi connectivity index (χ0) is 16.4. The molecule has 0 aromatic carbocycles. The van der Waals surface area contributed by atoms with E-state index in [9.17, 15) is 4.79 Å². The second-order valence-corrected chi connectivity index (χ2v) is 8.20. The average molecular weight is 325 g/mol. The van der Waals surface area contributed by atoms with Crippen LogP contribution >= 0.6 is 11.3 Å². The van der Waals surface area contributed by atoms with Crippen molar-refractivity contribution in [3.8, 4) is 0 Å². The summed E-state index contributed by atoms with van der Waals surface area (Å²) in [5, 5.41) is 6.53. The number of carbonyl (C=O) groups is 1. The maximum atomic E-state index is 11.9. The molecule has 124 valence electrons. The number of aryl methyl sites for hydroxylation is 1. The highest BCUT2D eigenvalue weighted by molar-refractivity contribution is 7.09. The zero-order valence-corrected chi connectivity index (χ0v) is 15.0. The normalized spacial score (nSPS) is 17.9. The van der Waals surface area contributed by atoms with Crippen LogP contribution in [-0.4, -0.2) is 28.8 Å². The van der Waals surface area contributed by atoms with E-state index in [4.69, 9.17) is 4.74 Å². The third-order valence-corrected chi connectivity index (χ3v) is 4.91. The van der Waals surface area contributed by atoms with Gasteiger partial charge in [-0.25, -0.2) is 9.78 Å². The van der Waals surface area contributed by atoms with Crippen LogP contribution < -0.4 is 10.6 Å². The summed E-state index contributed by atoms with van der Waals surface area (Å²) in [7, 11) is 0. The van der Waals surface area contributed by atoms with Gasteiger partial charge in [0.2, 0.25) is 0 Å². The van der Waals surface area contributed by atoms with Gasteiger partial charge in [0.05, 0.1) is 11.2 Å². The molecule has 1 aliphatic carbocycles. The summed E-state index contributed by atoms with van der Waals surface area (Å²) < 4.78 is 5.32. The third-order valence-electron chi connectivity index (χ3n) is 3.97. The second kappa shape index (κ2) is 6.54. The molecule has 1 unspecified atom stereocenters. The fraction of sp³-hybridized carbons (Fsp3) is 0.750. The molecule has 2 N–H and O–H groups in total. The fourth-order valence-electron chi connectivity index (χ4n) is 2.42. The van der Waals surface area contributed by atoms with Gasteiger partial charge < -0.3 is 15.4 Å². The van der Waals surface area contributed by atoms with Gasteiger partial charge in [-0.2, -0.15) is 0 Å². The van der Waals surface area contributed by atoms with E-state index in [0.717, 1.165) is 12.2 Å². The van der Waals surface area contributed by atoms with Crippen molar-refractivity contribution in [2.45, 2.75) is 65.1 Å². The molecule has 2 rings (SSSR count). The average Bonchev–Trinajstić information content (AvgIpc) is 3.17. The highest BCUT2D eigenvalue weighted by Crippen LogP contribution is 2.39. The molecule has 1 aromatic rings. The van der Waals surface area contributed by atoms with Crippen molar-refractivity contribution in [3.05, 3.63) is 16.1 Å². The number of hydrogen-bond donors (Lipinski definition) is 2. The molecule has 1 amide bonds. The van der Waals surface area contributed by atoms with Crippen LogP contribution in [-0.2, 0) is 11.3 Å². The van der Waals surface area contributed by atoms with Crippen molar-refractivity contribution in [3.63, 3.8) is 0 Å². The molecule has 6 heteroatoms. The first-order valence-electron chi connectivity index (χ1n) is 7.80. The Labute approximate surface area is 136 Å². The van der Waals surface area contributed by atoms with Gasteiger partial charge >= 0.3 is 6.09 Å². The SMILES string of the molecule is Cc1ncsc1CNC(C)(CNC(=O)OC(C)(C)C)C1CC1. The first-order valence-corrected chi connectivity index (χ1v) is 8.68. The van der Waals surface area contributed by atoms with Crippen molar-refractivity contribution >= 4 is 17.4 Å². The molecule has 1 saturated carbocycles. The topological polar surface area (TPSA) is 63.2 Å². The van der Waals surface area contributed by atoms with E-state index in [1.165, 1.54) is 17.7 Å². The largest absolute Gasteiger partial charge is 0.444 e. The van der Waals surface area contributed by atoms with E-state index in [2.05, 4.69) is 22.5 Å². The number of aromatic nitrogens is 1. The summed E-state index contributed by atoms with van der Waals surface area (Å²) in [4.78, 5) is 17.4. The van der Waals surface area contributed by atoms with Crippen molar-refractivity contribution in [1.82, 2.24) is 15.6 Å². The first kappa shape index (κ1) is 17.2. The fourth-order valence-corrected chi connectivity index (χ4v) is 3.14. The molecule has 1 fully saturated rings. The van der Waals surface area contributed by atoms with Gasteiger partial charge in [0, 0.05) is 23.5 Å². The third kappa shape index (κ3) is 4.95. The van der Waals surface area contributed by atoms with Gasteiger partial charge in [-0.15, -0.1) is 11.3 Å². The lowest BCUT2D eigenvalue weighted by atomic mass is 9.95. The van der Waals surface area contributed by atoms with Gasteiger partial charge in [-0.3, -0.25) is 0 Å². The molecule has 1 aromatic heterocycles. The summed E-state index contributed by atoms with van der Waals surface area (Å²) in [6, 6.07) is 0. The van der Waals surface area contributed by atoms with Gasteiger partial charge in [-0.1, -0.05) is 0 Å². The molecular weight excluding hydrogens is 298 g/mol. The number of nitrogens with one attached hydrogen (secondary N) is 2. The van der Waals surface area contributed by atoms with Gasteiger partial charge in [-0.05, 0) is 53.4 Å². The van der Waals surface area contributed by atoms with E-state index >= 15 is 0 Å². The molecule has 1 heterocycles. The van der Waals surface area contributed by atoms with Crippen molar-refractivity contribution in [1.29, 1.82) is 0 Å². The minimum absolute atomic E-state index is 0.104. The molecule has 22 heavy (non-hydrogen) atoms. The Morgan fingerprint density at radius 3 is 2.59 bits per heavy atom. The second-order valence-electron chi connectivity index (χ2n) is 7.26. The van der Waals surface area contributed by atoms with E-state index in [-0.39, 0.29) is 11.6 Å². The monoisotopic (exact) mass is 325 g/mol. The highest BCUT2D eigenvalue weighted by atomic mass is 32.1. The van der Waals surface area contributed by atoms with Crippen LogP contribution in [0.2, 0.25) is 0 Å². The smallest absolute Gasteiger partial charge is 0.407 e. The Bertz CT molecular complexity index is 520. The minimum atomic E-state index is -0.465. The summed E-state index contributed by atoms with van der Waals surface area (Å²) in [5.41, 5.74) is 2.39. The number of thiazole rings is 1. The molecular formula is C16H27N3O2S. The molecule has 1 aliphatic rings. The molecule has 0 spiro atoms. The Morgan fingerprint density at radius 1 is 1.41 bits per heavy atom. The molecule has 5 nitrogen and oxygen atoms in total. The first-order chi connectivity index (χ1) is 10.2. The maximum Gasteiger partial charge on any atom is 0.407 e. The predicted molar refractivity (Wildman–Crippen MR) is 89.1 cm³/mol. The van der Waals surface area contributed by atoms with Crippen LogP contribution in [0.1, 0.15) is 51.1 Å². The summed E-state index contributed by atoms with van der Waals surface area (Å²) in [6.07, 6.45) is 2.07. The Balaban J connectivity index is 1.88. The van der Waals surface area contributed by atoms with Gasteiger partial charge in [0.1, 0.15) is 5.60 Å². The lowest BCUT2D eigenvalue weighted by molar-refractivity contribution is 0.0507. The minimum Gasteiger partial charge on any atom is -0.444 e. The van der Waals surface area contributed by atoms with Gasteiger partial charge in [0.25, 0.3) is 0 Å². The van der Waals surface area contributed by atoms with Crippen molar-refractivity contribution < 1.29 is 9.53 Å². The predicted octanol–water partition coefficient (Wildman–Crippen LogP) is 3.23. The van der Waals surface area contributed by atoms with Crippen molar-refractivity contribution in [2.75, 3.05) is 6.54 Å². The van der Waals surface area contributed by atoms with Crippen molar-refractivity contribution in [2.24, 2.45) is 5.92 Å². The van der Waals surface area contributed by atoms with Crippen LogP contribution in [0.15, 0.2) is 5.51 Å².